The number of nitriles is 1. The number of nitrogens with zero attached hydrogens (tertiary/aromatic N) is 1. The van der Waals surface area contributed by atoms with E-state index >= 15 is 0 Å². The molecular formula is C16H14ClN3O3S. The second kappa shape index (κ2) is 7.01. The molecule has 0 saturated heterocycles. The molecule has 0 unspecified atom stereocenters. The van der Waals surface area contributed by atoms with Crippen LogP contribution in [-0.2, 0) is 16.4 Å². The Morgan fingerprint density at radius 2 is 1.92 bits per heavy atom. The number of benzene rings is 2. The minimum absolute atomic E-state index is 0.0210. The molecule has 0 spiro atoms. The largest absolute Gasteiger partial charge is 0.326 e. The number of carbonyl (C=O) groups is 1. The molecule has 0 radical (unpaired) electrons. The number of rotatable bonds is 4. The summed E-state index contributed by atoms with van der Waals surface area (Å²) < 4.78 is 23.8. The van der Waals surface area contributed by atoms with Gasteiger partial charge in [0, 0.05) is 18.5 Å². The molecule has 0 bridgehead atoms. The van der Waals surface area contributed by atoms with Gasteiger partial charge in [0.25, 0.3) is 5.91 Å². The van der Waals surface area contributed by atoms with Crippen molar-refractivity contribution in [1.82, 2.24) is 0 Å². The SMILES string of the molecule is CS(=O)(=O)c1cc(Cl)c(C#N)cc1C(=O)Nc1ccc(CN)cc1. The van der Waals surface area contributed by atoms with E-state index in [1.165, 1.54) is 6.07 Å². The predicted molar refractivity (Wildman–Crippen MR) is 91.6 cm³/mol. The summed E-state index contributed by atoms with van der Waals surface area (Å²) in [6.07, 6.45) is 0.970. The Morgan fingerprint density at radius 1 is 1.29 bits per heavy atom. The van der Waals surface area contributed by atoms with Crippen molar-refractivity contribution >= 4 is 33.0 Å². The van der Waals surface area contributed by atoms with Crippen LogP contribution in [0.1, 0.15) is 21.5 Å². The molecule has 2 aromatic carbocycles. The van der Waals surface area contributed by atoms with E-state index in [1.54, 1.807) is 24.3 Å². The van der Waals surface area contributed by atoms with Crippen molar-refractivity contribution in [2.24, 2.45) is 5.73 Å². The van der Waals surface area contributed by atoms with Crippen LogP contribution >= 0.6 is 11.6 Å². The van der Waals surface area contributed by atoms with Gasteiger partial charge in [-0.25, -0.2) is 8.42 Å². The topological polar surface area (TPSA) is 113 Å². The van der Waals surface area contributed by atoms with Crippen LogP contribution in [0.15, 0.2) is 41.3 Å². The lowest BCUT2D eigenvalue weighted by Gasteiger charge is -2.11. The lowest BCUT2D eigenvalue weighted by Crippen LogP contribution is -2.16. The van der Waals surface area contributed by atoms with Gasteiger partial charge in [-0.05, 0) is 29.8 Å². The maximum Gasteiger partial charge on any atom is 0.257 e. The van der Waals surface area contributed by atoms with E-state index in [4.69, 9.17) is 22.6 Å². The van der Waals surface area contributed by atoms with E-state index in [0.29, 0.717) is 12.2 Å². The van der Waals surface area contributed by atoms with Gasteiger partial charge in [0.15, 0.2) is 9.84 Å². The summed E-state index contributed by atoms with van der Waals surface area (Å²) in [5, 5.41) is 11.6. The minimum atomic E-state index is -3.70. The fraction of sp³-hybridized carbons (Fsp3) is 0.125. The Bertz CT molecular complexity index is 932. The molecule has 8 heteroatoms. The molecule has 3 N–H and O–H groups in total. The Labute approximate surface area is 144 Å². The van der Waals surface area contributed by atoms with E-state index in [2.05, 4.69) is 5.32 Å². The van der Waals surface area contributed by atoms with Crippen LogP contribution in [0.25, 0.3) is 0 Å². The van der Waals surface area contributed by atoms with Crippen molar-refractivity contribution in [1.29, 1.82) is 5.26 Å². The molecule has 24 heavy (non-hydrogen) atoms. The van der Waals surface area contributed by atoms with Gasteiger partial charge in [-0.2, -0.15) is 5.26 Å². The monoisotopic (exact) mass is 363 g/mol. The smallest absolute Gasteiger partial charge is 0.257 e. The molecule has 0 aromatic heterocycles. The summed E-state index contributed by atoms with van der Waals surface area (Å²) in [7, 11) is -3.70. The maximum absolute atomic E-state index is 12.5. The van der Waals surface area contributed by atoms with Crippen molar-refractivity contribution in [3.63, 3.8) is 0 Å². The summed E-state index contributed by atoms with van der Waals surface area (Å²) in [5.74, 6) is -0.649. The van der Waals surface area contributed by atoms with Crippen molar-refractivity contribution in [2.45, 2.75) is 11.4 Å². The highest BCUT2D eigenvalue weighted by Crippen LogP contribution is 2.25. The zero-order chi connectivity index (χ0) is 17.9. The predicted octanol–water partition coefficient (Wildman–Crippen LogP) is 2.33. The normalized spacial score (nSPS) is 10.9. The molecule has 0 fully saturated rings. The number of sulfone groups is 1. The van der Waals surface area contributed by atoms with Gasteiger partial charge in [-0.15, -0.1) is 0 Å². The van der Waals surface area contributed by atoms with Crippen molar-refractivity contribution < 1.29 is 13.2 Å². The molecule has 1 amide bonds. The molecular weight excluding hydrogens is 350 g/mol. The van der Waals surface area contributed by atoms with Crippen LogP contribution in [-0.4, -0.2) is 20.6 Å². The Kier molecular flexibility index (Phi) is 5.24. The number of hydrogen-bond acceptors (Lipinski definition) is 5. The molecule has 0 saturated carbocycles. The number of amides is 1. The molecule has 0 aliphatic rings. The van der Waals surface area contributed by atoms with Crippen LogP contribution < -0.4 is 11.1 Å². The molecule has 0 aliphatic heterocycles. The highest BCUT2D eigenvalue weighted by atomic mass is 35.5. The third-order valence-corrected chi connectivity index (χ3v) is 4.73. The second-order valence-electron chi connectivity index (χ2n) is 5.07. The van der Waals surface area contributed by atoms with Gasteiger partial charge in [-0.1, -0.05) is 23.7 Å². The number of hydrogen-bond donors (Lipinski definition) is 2. The number of nitrogens with two attached hydrogens (primary N) is 1. The van der Waals surface area contributed by atoms with E-state index in [1.807, 2.05) is 6.07 Å². The van der Waals surface area contributed by atoms with Crippen molar-refractivity contribution in [2.75, 3.05) is 11.6 Å². The standard InChI is InChI=1S/C16H14ClN3O3S/c1-24(22,23)15-7-14(17)11(9-19)6-13(15)16(21)20-12-4-2-10(8-18)3-5-12/h2-7H,8,18H2,1H3,(H,20,21). The van der Waals surface area contributed by atoms with Gasteiger partial charge in [-0.3, -0.25) is 4.79 Å². The quantitative estimate of drug-likeness (QED) is 0.865. The Hall–Kier alpha value is -2.40. The minimum Gasteiger partial charge on any atom is -0.326 e. The van der Waals surface area contributed by atoms with Crippen molar-refractivity contribution in [3.05, 3.63) is 58.1 Å². The summed E-state index contributed by atoms with van der Waals surface area (Å²) in [6.45, 7) is 0.370. The van der Waals surface area contributed by atoms with Gasteiger partial charge >= 0.3 is 0 Å². The molecule has 0 atom stereocenters. The van der Waals surface area contributed by atoms with E-state index < -0.39 is 15.7 Å². The lowest BCUT2D eigenvalue weighted by molar-refractivity contribution is 0.102. The summed E-state index contributed by atoms with van der Waals surface area (Å²) in [4.78, 5) is 12.2. The first-order valence-corrected chi connectivity index (χ1v) is 9.07. The first-order chi connectivity index (χ1) is 11.3. The van der Waals surface area contributed by atoms with Crippen molar-refractivity contribution in [3.8, 4) is 6.07 Å². The van der Waals surface area contributed by atoms with E-state index in [9.17, 15) is 13.2 Å². The van der Waals surface area contributed by atoms with E-state index in [-0.39, 0.29) is 21.0 Å². The fourth-order valence-electron chi connectivity index (χ4n) is 2.05. The van der Waals surface area contributed by atoms with E-state index in [0.717, 1.165) is 17.9 Å². The average molecular weight is 364 g/mol. The highest BCUT2D eigenvalue weighted by molar-refractivity contribution is 7.90. The van der Waals surface area contributed by atoms with Gasteiger partial charge in [0.1, 0.15) is 6.07 Å². The zero-order valence-corrected chi connectivity index (χ0v) is 14.3. The number of anilines is 1. The first kappa shape index (κ1) is 17.9. The number of nitrogens with one attached hydrogen (secondary N) is 1. The molecule has 6 nitrogen and oxygen atoms in total. The molecule has 2 aromatic rings. The van der Waals surface area contributed by atoms with Crippen LogP contribution in [0, 0.1) is 11.3 Å². The van der Waals surface area contributed by atoms with Crippen LogP contribution in [0.2, 0.25) is 5.02 Å². The molecule has 0 aliphatic carbocycles. The molecule has 2 rings (SSSR count). The Balaban J connectivity index is 2.45. The van der Waals surface area contributed by atoms with Crippen LogP contribution in [0.5, 0.6) is 0 Å². The summed E-state index contributed by atoms with van der Waals surface area (Å²) in [6, 6.07) is 10.9. The number of halogens is 1. The van der Waals surface area contributed by atoms with Gasteiger partial charge in [0.05, 0.1) is 21.0 Å². The Morgan fingerprint density at radius 3 is 2.42 bits per heavy atom. The average Bonchev–Trinajstić information content (AvgIpc) is 2.54. The first-order valence-electron chi connectivity index (χ1n) is 6.80. The molecule has 0 heterocycles. The molecule has 124 valence electrons. The van der Waals surface area contributed by atoms with Gasteiger partial charge < -0.3 is 11.1 Å². The maximum atomic E-state index is 12.5. The van der Waals surface area contributed by atoms with Gasteiger partial charge in [0.2, 0.25) is 0 Å². The third-order valence-electron chi connectivity index (χ3n) is 3.28. The highest BCUT2D eigenvalue weighted by Gasteiger charge is 2.21. The van der Waals surface area contributed by atoms with Crippen LogP contribution in [0.4, 0.5) is 5.69 Å². The fourth-order valence-corrected chi connectivity index (χ4v) is 3.20. The second-order valence-corrected chi connectivity index (χ2v) is 7.46. The summed E-state index contributed by atoms with van der Waals surface area (Å²) >= 11 is 5.88. The van der Waals surface area contributed by atoms with Crippen LogP contribution in [0.3, 0.4) is 0 Å². The lowest BCUT2D eigenvalue weighted by atomic mass is 10.1. The number of carbonyl (C=O) groups excluding carboxylic acids is 1. The zero-order valence-electron chi connectivity index (χ0n) is 12.7. The summed E-state index contributed by atoms with van der Waals surface area (Å²) in [5.41, 5.74) is 6.76. The third kappa shape index (κ3) is 3.92.